The number of nitrogens with zero attached hydrogens (tertiary/aromatic N) is 1. The first-order chi connectivity index (χ1) is 13.4. The summed E-state index contributed by atoms with van der Waals surface area (Å²) in [5.41, 5.74) is 0.0280. The molecule has 0 radical (unpaired) electrons. The quantitative estimate of drug-likeness (QED) is 0.744. The SMILES string of the molecule is CC(C)(C)OC(=O)N[C@H]1CN(CC(F)(F)F)CC[C@@H]1C(=O)OCc1ccccc1. The number of carbonyl (C=O) groups excluding carboxylic acids is 2. The van der Waals surface area contributed by atoms with Gasteiger partial charge in [-0.05, 0) is 39.3 Å². The number of nitrogens with one attached hydrogen (secondary N) is 1. The number of benzene rings is 1. The lowest BCUT2D eigenvalue weighted by atomic mass is 9.91. The van der Waals surface area contributed by atoms with Crippen LogP contribution in [0.25, 0.3) is 0 Å². The van der Waals surface area contributed by atoms with Crippen LogP contribution >= 0.6 is 0 Å². The summed E-state index contributed by atoms with van der Waals surface area (Å²) in [5.74, 6) is -1.31. The Kier molecular flexibility index (Phi) is 7.51. The molecule has 9 heteroatoms. The maximum absolute atomic E-state index is 12.8. The van der Waals surface area contributed by atoms with E-state index in [0.29, 0.717) is 0 Å². The van der Waals surface area contributed by atoms with E-state index in [9.17, 15) is 22.8 Å². The minimum Gasteiger partial charge on any atom is -0.461 e. The molecular formula is C20H27F3N2O4. The minimum absolute atomic E-state index is 0.0571. The van der Waals surface area contributed by atoms with E-state index >= 15 is 0 Å². The molecule has 0 bridgehead atoms. The molecule has 1 saturated heterocycles. The van der Waals surface area contributed by atoms with Gasteiger partial charge in [-0.25, -0.2) is 4.79 Å². The van der Waals surface area contributed by atoms with E-state index in [1.54, 1.807) is 32.9 Å². The molecule has 1 aliphatic heterocycles. The van der Waals surface area contributed by atoms with Gasteiger partial charge in [0.1, 0.15) is 12.2 Å². The predicted molar refractivity (Wildman–Crippen MR) is 100.0 cm³/mol. The number of alkyl carbamates (subject to hydrolysis) is 1. The van der Waals surface area contributed by atoms with Crippen LogP contribution in [0.3, 0.4) is 0 Å². The molecule has 29 heavy (non-hydrogen) atoms. The van der Waals surface area contributed by atoms with Crippen LogP contribution in [0.15, 0.2) is 30.3 Å². The van der Waals surface area contributed by atoms with Crippen molar-refractivity contribution < 1.29 is 32.2 Å². The highest BCUT2D eigenvalue weighted by Gasteiger charge is 2.40. The fourth-order valence-corrected chi connectivity index (χ4v) is 3.14. The molecule has 2 atom stereocenters. The molecule has 1 amide bonds. The summed E-state index contributed by atoms with van der Waals surface area (Å²) in [6, 6.07) is 8.22. The molecule has 6 nitrogen and oxygen atoms in total. The molecule has 0 aromatic heterocycles. The van der Waals surface area contributed by atoms with E-state index in [0.717, 1.165) is 5.56 Å². The van der Waals surface area contributed by atoms with Gasteiger partial charge in [-0.3, -0.25) is 9.69 Å². The molecule has 0 spiro atoms. The predicted octanol–water partition coefficient (Wildman–Crippen LogP) is 3.51. The van der Waals surface area contributed by atoms with Crippen molar-refractivity contribution in [2.45, 2.75) is 51.6 Å². The number of amides is 1. The van der Waals surface area contributed by atoms with Gasteiger partial charge in [0, 0.05) is 6.54 Å². The third-order valence-corrected chi connectivity index (χ3v) is 4.33. The Morgan fingerprint density at radius 3 is 2.41 bits per heavy atom. The van der Waals surface area contributed by atoms with Gasteiger partial charge in [-0.15, -0.1) is 0 Å². The standard InChI is InChI=1S/C20H27F3N2O4/c1-19(2,3)29-18(27)24-16-11-25(13-20(21,22)23)10-9-15(16)17(26)28-12-14-7-5-4-6-8-14/h4-8,15-16H,9-13H2,1-3H3,(H,24,27)/t15-,16-/m0/s1. The molecule has 0 aliphatic carbocycles. The minimum atomic E-state index is -4.36. The van der Waals surface area contributed by atoms with Gasteiger partial charge < -0.3 is 14.8 Å². The molecule has 0 unspecified atom stereocenters. The van der Waals surface area contributed by atoms with E-state index in [2.05, 4.69) is 5.32 Å². The largest absolute Gasteiger partial charge is 0.461 e. The normalized spacial score (nSPS) is 20.8. The molecule has 162 valence electrons. The second-order valence-corrected chi connectivity index (χ2v) is 8.09. The summed E-state index contributed by atoms with van der Waals surface area (Å²) in [7, 11) is 0. The Labute approximate surface area is 168 Å². The molecule has 1 aromatic rings. The molecule has 1 aromatic carbocycles. The summed E-state index contributed by atoms with van der Waals surface area (Å²) in [6.07, 6.45) is -5.00. The van der Waals surface area contributed by atoms with Crippen LogP contribution in [0, 0.1) is 5.92 Å². The second kappa shape index (κ2) is 9.47. The van der Waals surface area contributed by atoms with Crippen LogP contribution in [-0.2, 0) is 20.9 Å². The van der Waals surface area contributed by atoms with Crippen molar-refractivity contribution >= 4 is 12.1 Å². The summed E-state index contributed by atoms with van der Waals surface area (Å²) in [5, 5.41) is 2.55. The lowest BCUT2D eigenvalue weighted by Gasteiger charge is -2.38. The Bertz CT molecular complexity index is 689. The fraction of sp³-hybridized carbons (Fsp3) is 0.600. The van der Waals surface area contributed by atoms with Crippen LogP contribution in [0.2, 0.25) is 0 Å². The van der Waals surface area contributed by atoms with E-state index in [4.69, 9.17) is 9.47 Å². The van der Waals surface area contributed by atoms with Gasteiger partial charge in [-0.1, -0.05) is 30.3 Å². The van der Waals surface area contributed by atoms with Gasteiger partial charge in [0.25, 0.3) is 0 Å². The zero-order valence-corrected chi connectivity index (χ0v) is 16.8. The van der Waals surface area contributed by atoms with Crippen LogP contribution in [0.1, 0.15) is 32.8 Å². The molecule has 1 heterocycles. The van der Waals surface area contributed by atoms with Gasteiger partial charge in [0.2, 0.25) is 0 Å². The fourth-order valence-electron chi connectivity index (χ4n) is 3.14. The first-order valence-electron chi connectivity index (χ1n) is 9.42. The van der Waals surface area contributed by atoms with Crippen LogP contribution in [0.4, 0.5) is 18.0 Å². The number of esters is 1. The lowest BCUT2D eigenvalue weighted by molar-refractivity contribution is -0.158. The average Bonchev–Trinajstić information content (AvgIpc) is 2.57. The molecule has 1 aliphatic rings. The van der Waals surface area contributed by atoms with Crippen LogP contribution in [0.5, 0.6) is 0 Å². The molecule has 1 fully saturated rings. The number of carbonyl (C=O) groups is 2. The van der Waals surface area contributed by atoms with Gasteiger partial charge in [-0.2, -0.15) is 13.2 Å². The molecule has 0 saturated carbocycles. The zero-order chi connectivity index (χ0) is 21.7. The number of piperidine rings is 1. The van der Waals surface area contributed by atoms with E-state index in [1.807, 2.05) is 18.2 Å². The van der Waals surface area contributed by atoms with E-state index in [1.165, 1.54) is 4.90 Å². The number of hydrogen-bond acceptors (Lipinski definition) is 5. The van der Waals surface area contributed by atoms with Crippen molar-refractivity contribution in [2.75, 3.05) is 19.6 Å². The van der Waals surface area contributed by atoms with Crippen LogP contribution < -0.4 is 5.32 Å². The van der Waals surface area contributed by atoms with Crippen molar-refractivity contribution in [3.8, 4) is 0 Å². The van der Waals surface area contributed by atoms with Crippen molar-refractivity contribution in [3.63, 3.8) is 0 Å². The topological polar surface area (TPSA) is 67.9 Å². The van der Waals surface area contributed by atoms with E-state index in [-0.39, 0.29) is 26.1 Å². The Hall–Kier alpha value is -2.29. The third kappa shape index (κ3) is 8.31. The first kappa shape index (κ1) is 23.0. The maximum Gasteiger partial charge on any atom is 0.407 e. The van der Waals surface area contributed by atoms with Gasteiger partial charge in [0.05, 0.1) is 18.5 Å². The van der Waals surface area contributed by atoms with Gasteiger partial charge in [0.15, 0.2) is 0 Å². The van der Waals surface area contributed by atoms with Crippen LogP contribution in [-0.4, -0.2) is 54.4 Å². The molecule has 1 N–H and O–H groups in total. The number of alkyl halides is 3. The Morgan fingerprint density at radius 2 is 1.83 bits per heavy atom. The average molecular weight is 416 g/mol. The number of rotatable bonds is 5. The van der Waals surface area contributed by atoms with Gasteiger partial charge >= 0.3 is 18.2 Å². The lowest BCUT2D eigenvalue weighted by Crippen LogP contribution is -2.56. The monoisotopic (exact) mass is 416 g/mol. The Morgan fingerprint density at radius 1 is 1.17 bits per heavy atom. The molecular weight excluding hydrogens is 389 g/mol. The van der Waals surface area contributed by atoms with Crippen molar-refractivity contribution in [1.29, 1.82) is 0 Å². The molecule has 2 rings (SSSR count). The summed E-state index contributed by atoms with van der Waals surface area (Å²) >= 11 is 0. The second-order valence-electron chi connectivity index (χ2n) is 8.09. The third-order valence-electron chi connectivity index (χ3n) is 4.33. The Balaban J connectivity index is 2.04. The van der Waals surface area contributed by atoms with E-state index < -0.39 is 42.3 Å². The number of halogens is 3. The van der Waals surface area contributed by atoms with Crippen molar-refractivity contribution in [1.82, 2.24) is 10.2 Å². The zero-order valence-electron chi connectivity index (χ0n) is 16.8. The summed E-state index contributed by atoms with van der Waals surface area (Å²) in [6.45, 7) is 3.94. The van der Waals surface area contributed by atoms with Crippen molar-refractivity contribution in [2.24, 2.45) is 5.92 Å². The maximum atomic E-state index is 12.8. The van der Waals surface area contributed by atoms with Crippen molar-refractivity contribution in [3.05, 3.63) is 35.9 Å². The first-order valence-corrected chi connectivity index (χ1v) is 9.42. The highest BCUT2D eigenvalue weighted by Crippen LogP contribution is 2.24. The highest BCUT2D eigenvalue weighted by atomic mass is 19.4. The number of likely N-dealkylation sites (tertiary alicyclic amines) is 1. The number of ether oxygens (including phenoxy) is 2. The summed E-state index contributed by atoms with van der Waals surface area (Å²) in [4.78, 5) is 25.9. The number of hydrogen-bond donors (Lipinski definition) is 1. The highest BCUT2D eigenvalue weighted by molar-refractivity contribution is 5.75. The smallest absolute Gasteiger partial charge is 0.407 e. The summed E-state index contributed by atoms with van der Waals surface area (Å²) < 4.78 is 48.8.